The molecule has 2 fully saturated rings. The molecule has 1 aromatic carbocycles. The fraction of sp³-hybridized carbons (Fsp3) is 0.556. The van der Waals surface area contributed by atoms with Gasteiger partial charge in [0.2, 0.25) is 5.91 Å². The predicted octanol–water partition coefficient (Wildman–Crippen LogP) is 2.00. The molecule has 0 aromatic heterocycles. The lowest BCUT2D eigenvalue weighted by Crippen LogP contribution is -2.28. The van der Waals surface area contributed by atoms with Gasteiger partial charge in [0.15, 0.2) is 0 Å². The topological polar surface area (TPSA) is 84.7 Å². The van der Waals surface area contributed by atoms with Gasteiger partial charge in [-0.25, -0.2) is 0 Å². The first-order chi connectivity index (χ1) is 11.6. The van der Waals surface area contributed by atoms with Gasteiger partial charge in [0.1, 0.15) is 5.75 Å². The smallest absolute Gasteiger partial charge is 0.253 e. The summed E-state index contributed by atoms with van der Waals surface area (Å²) in [5.74, 6) is 0.451. The van der Waals surface area contributed by atoms with E-state index in [4.69, 9.17) is 10.5 Å². The summed E-state index contributed by atoms with van der Waals surface area (Å²) in [7, 11) is 1.55. The number of amides is 2. The highest BCUT2D eigenvalue weighted by atomic mass is 16.5. The molecule has 1 saturated heterocycles. The standard InChI is InChI=1S/C18H25N3O3/c1-24-16-7-5-13(18(23)21-8-2-3-9-21)11-15(16)20-17(22)12-4-6-14(19)10-12/h5,7,11-12,14H,2-4,6,8-10,19H2,1H3,(H,20,22). The lowest BCUT2D eigenvalue weighted by atomic mass is 10.1. The van der Waals surface area contributed by atoms with Crippen LogP contribution in [0.1, 0.15) is 42.5 Å². The second-order valence-corrected chi connectivity index (χ2v) is 6.67. The molecule has 6 heteroatoms. The van der Waals surface area contributed by atoms with E-state index in [0.29, 0.717) is 23.4 Å². The summed E-state index contributed by atoms with van der Waals surface area (Å²) in [5.41, 5.74) is 7.02. The lowest BCUT2D eigenvalue weighted by Gasteiger charge is -2.18. The number of hydrogen-bond donors (Lipinski definition) is 2. The Balaban J connectivity index is 1.76. The molecule has 2 amide bonds. The van der Waals surface area contributed by atoms with Crippen LogP contribution in [-0.4, -0.2) is 43.0 Å². The molecule has 2 atom stereocenters. The number of benzene rings is 1. The van der Waals surface area contributed by atoms with Gasteiger partial charge >= 0.3 is 0 Å². The highest BCUT2D eigenvalue weighted by molar-refractivity contribution is 5.99. The molecule has 1 aromatic rings. The number of carbonyl (C=O) groups is 2. The van der Waals surface area contributed by atoms with E-state index in [2.05, 4.69) is 5.32 Å². The third-order valence-electron chi connectivity index (χ3n) is 4.94. The van der Waals surface area contributed by atoms with Gasteiger partial charge in [0.05, 0.1) is 12.8 Å². The fourth-order valence-electron chi connectivity index (χ4n) is 3.53. The average molecular weight is 331 g/mol. The maximum absolute atomic E-state index is 12.5. The number of rotatable bonds is 4. The number of nitrogens with zero attached hydrogens (tertiary/aromatic N) is 1. The molecular weight excluding hydrogens is 306 g/mol. The molecule has 0 bridgehead atoms. The van der Waals surface area contributed by atoms with Crippen LogP contribution in [0.3, 0.4) is 0 Å². The number of carbonyl (C=O) groups excluding carboxylic acids is 2. The van der Waals surface area contributed by atoms with Crippen molar-refractivity contribution in [3.8, 4) is 5.75 Å². The maximum Gasteiger partial charge on any atom is 0.253 e. The van der Waals surface area contributed by atoms with Crippen molar-refractivity contribution in [2.24, 2.45) is 11.7 Å². The Bertz CT molecular complexity index is 626. The molecule has 0 radical (unpaired) electrons. The molecule has 0 spiro atoms. The number of methoxy groups -OCH3 is 1. The minimum atomic E-state index is -0.0670. The fourth-order valence-corrected chi connectivity index (χ4v) is 3.53. The SMILES string of the molecule is COc1ccc(C(=O)N2CCCC2)cc1NC(=O)C1CCC(N)C1. The maximum atomic E-state index is 12.5. The minimum Gasteiger partial charge on any atom is -0.495 e. The van der Waals surface area contributed by atoms with E-state index in [1.165, 1.54) is 0 Å². The Hall–Kier alpha value is -2.08. The number of nitrogens with two attached hydrogens (primary N) is 1. The summed E-state index contributed by atoms with van der Waals surface area (Å²) in [6, 6.07) is 5.30. The van der Waals surface area contributed by atoms with Crippen molar-refractivity contribution >= 4 is 17.5 Å². The van der Waals surface area contributed by atoms with Gasteiger partial charge in [-0.15, -0.1) is 0 Å². The first-order valence-electron chi connectivity index (χ1n) is 8.62. The molecule has 130 valence electrons. The monoisotopic (exact) mass is 331 g/mol. The van der Waals surface area contributed by atoms with Crippen LogP contribution in [0.4, 0.5) is 5.69 Å². The van der Waals surface area contributed by atoms with Crippen LogP contribution >= 0.6 is 0 Å². The zero-order valence-electron chi connectivity index (χ0n) is 14.1. The van der Waals surface area contributed by atoms with Crippen molar-refractivity contribution < 1.29 is 14.3 Å². The molecule has 1 aliphatic heterocycles. The number of anilines is 1. The van der Waals surface area contributed by atoms with E-state index >= 15 is 0 Å². The van der Waals surface area contributed by atoms with E-state index in [0.717, 1.165) is 38.8 Å². The largest absolute Gasteiger partial charge is 0.495 e. The number of hydrogen-bond acceptors (Lipinski definition) is 4. The molecule has 2 unspecified atom stereocenters. The Morgan fingerprint density at radius 3 is 2.62 bits per heavy atom. The second kappa shape index (κ2) is 7.21. The van der Waals surface area contributed by atoms with E-state index in [-0.39, 0.29) is 23.8 Å². The number of nitrogens with one attached hydrogen (secondary N) is 1. The van der Waals surface area contributed by atoms with Crippen LogP contribution in [0.5, 0.6) is 5.75 Å². The molecule has 1 saturated carbocycles. The van der Waals surface area contributed by atoms with Crippen LogP contribution < -0.4 is 15.8 Å². The van der Waals surface area contributed by atoms with Gasteiger partial charge in [0.25, 0.3) is 5.91 Å². The molecule has 1 aliphatic carbocycles. The zero-order chi connectivity index (χ0) is 17.1. The van der Waals surface area contributed by atoms with E-state index in [9.17, 15) is 9.59 Å². The molecule has 1 heterocycles. The third kappa shape index (κ3) is 3.53. The molecular formula is C18H25N3O3. The van der Waals surface area contributed by atoms with Crippen LogP contribution in [0.15, 0.2) is 18.2 Å². The predicted molar refractivity (Wildman–Crippen MR) is 92.1 cm³/mol. The first-order valence-corrected chi connectivity index (χ1v) is 8.62. The Kier molecular flexibility index (Phi) is 5.04. The van der Waals surface area contributed by atoms with Gasteiger partial charge in [0, 0.05) is 30.6 Å². The average Bonchev–Trinajstić information content (AvgIpc) is 3.25. The molecule has 24 heavy (non-hydrogen) atoms. The normalized spacial score (nSPS) is 23.3. The van der Waals surface area contributed by atoms with Crippen molar-refractivity contribution in [2.75, 3.05) is 25.5 Å². The summed E-state index contributed by atoms with van der Waals surface area (Å²) >= 11 is 0. The van der Waals surface area contributed by atoms with Crippen LogP contribution in [0.2, 0.25) is 0 Å². The molecule has 3 rings (SSSR count). The van der Waals surface area contributed by atoms with E-state index < -0.39 is 0 Å². The highest BCUT2D eigenvalue weighted by Crippen LogP contribution is 2.30. The Labute approximate surface area is 142 Å². The molecule has 3 N–H and O–H groups in total. The quantitative estimate of drug-likeness (QED) is 0.884. The summed E-state index contributed by atoms with van der Waals surface area (Å²) in [6.45, 7) is 1.60. The van der Waals surface area contributed by atoms with Gasteiger partial charge in [-0.1, -0.05) is 0 Å². The Morgan fingerprint density at radius 1 is 1.25 bits per heavy atom. The highest BCUT2D eigenvalue weighted by Gasteiger charge is 2.28. The molecule has 6 nitrogen and oxygen atoms in total. The summed E-state index contributed by atoms with van der Waals surface area (Å²) in [6.07, 6.45) is 4.49. The summed E-state index contributed by atoms with van der Waals surface area (Å²) < 4.78 is 5.33. The lowest BCUT2D eigenvalue weighted by molar-refractivity contribution is -0.119. The second-order valence-electron chi connectivity index (χ2n) is 6.67. The number of ether oxygens (including phenoxy) is 1. The third-order valence-corrected chi connectivity index (χ3v) is 4.94. The van der Waals surface area contributed by atoms with Gasteiger partial charge in [-0.2, -0.15) is 0 Å². The van der Waals surface area contributed by atoms with Crippen molar-refractivity contribution in [2.45, 2.75) is 38.1 Å². The minimum absolute atomic E-state index is 0.00791. The van der Waals surface area contributed by atoms with Crippen LogP contribution in [-0.2, 0) is 4.79 Å². The van der Waals surface area contributed by atoms with Gasteiger partial charge in [-0.05, 0) is 50.3 Å². The van der Waals surface area contributed by atoms with Gasteiger partial charge < -0.3 is 20.7 Å². The van der Waals surface area contributed by atoms with E-state index in [1.807, 2.05) is 4.90 Å². The van der Waals surface area contributed by atoms with Crippen molar-refractivity contribution in [1.29, 1.82) is 0 Å². The molecule has 2 aliphatic rings. The van der Waals surface area contributed by atoms with Crippen LogP contribution in [0, 0.1) is 5.92 Å². The zero-order valence-corrected chi connectivity index (χ0v) is 14.1. The Morgan fingerprint density at radius 2 is 2.00 bits per heavy atom. The van der Waals surface area contributed by atoms with Crippen molar-refractivity contribution in [1.82, 2.24) is 4.90 Å². The van der Waals surface area contributed by atoms with E-state index in [1.54, 1.807) is 25.3 Å². The van der Waals surface area contributed by atoms with Crippen LogP contribution in [0.25, 0.3) is 0 Å². The van der Waals surface area contributed by atoms with Gasteiger partial charge in [-0.3, -0.25) is 9.59 Å². The number of likely N-dealkylation sites (tertiary alicyclic amines) is 1. The summed E-state index contributed by atoms with van der Waals surface area (Å²) in [5, 5.41) is 2.92. The van der Waals surface area contributed by atoms with Crippen molar-refractivity contribution in [3.05, 3.63) is 23.8 Å². The first kappa shape index (κ1) is 16.8. The van der Waals surface area contributed by atoms with Crippen molar-refractivity contribution in [3.63, 3.8) is 0 Å². The summed E-state index contributed by atoms with van der Waals surface area (Å²) in [4.78, 5) is 26.8.